The molecule has 0 spiro atoms. The highest BCUT2D eigenvalue weighted by Gasteiger charge is 2.10. The topological polar surface area (TPSA) is 38.0 Å². The molecule has 0 saturated carbocycles. The van der Waals surface area contributed by atoms with Crippen LogP contribution < -0.4 is 0 Å². The molecule has 90 valence electrons. The Balaban J connectivity index is 2.43. The molecule has 2 aromatic rings. The van der Waals surface area contributed by atoms with Crippen molar-refractivity contribution in [3.8, 4) is 17.0 Å². The van der Waals surface area contributed by atoms with E-state index in [9.17, 15) is 5.11 Å². The van der Waals surface area contributed by atoms with Crippen molar-refractivity contribution in [1.82, 2.24) is 9.55 Å². The van der Waals surface area contributed by atoms with Crippen LogP contribution in [0.25, 0.3) is 11.3 Å². The summed E-state index contributed by atoms with van der Waals surface area (Å²) in [5.41, 5.74) is 2.19. The lowest BCUT2D eigenvalue weighted by molar-refractivity contribution is 0.475. The van der Waals surface area contributed by atoms with Crippen molar-refractivity contribution in [3.63, 3.8) is 0 Å². The molecule has 3 nitrogen and oxygen atoms in total. The summed E-state index contributed by atoms with van der Waals surface area (Å²) < 4.78 is 2.22. The molecule has 4 heteroatoms. The molecule has 0 unspecified atom stereocenters. The van der Waals surface area contributed by atoms with Crippen molar-refractivity contribution in [2.45, 2.75) is 25.0 Å². The fourth-order valence-corrected chi connectivity index (χ4v) is 2.39. The highest BCUT2D eigenvalue weighted by Crippen LogP contribution is 2.26. The monoisotopic (exact) mass is 248 g/mol. The van der Waals surface area contributed by atoms with Gasteiger partial charge in [-0.3, -0.25) is 0 Å². The van der Waals surface area contributed by atoms with Crippen LogP contribution >= 0.6 is 11.8 Å². The lowest BCUT2D eigenvalue weighted by atomic mass is 10.1. The number of aromatic nitrogens is 2. The number of aromatic hydroxyl groups is 1. The Morgan fingerprint density at radius 2 is 2.00 bits per heavy atom. The Hall–Kier alpha value is -1.42. The number of phenolic OH excluding ortho intramolecular Hbond substituents is 1. The zero-order valence-corrected chi connectivity index (χ0v) is 10.9. The molecule has 2 rings (SSSR count). The van der Waals surface area contributed by atoms with Crippen LogP contribution in [-0.4, -0.2) is 20.9 Å². The van der Waals surface area contributed by atoms with E-state index >= 15 is 0 Å². The predicted molar refractivity (Wildman–Crippen MR) is 71.4 cm³/mol. The van der Waals surface area contributed by atoms with Crippen LogP contribution in [0.15, 0.2) is 35.6 Å². The average molecular weight is 248 g/mol. The second-order valence-electron chi connectivity index (χ2n) is 3.83. The predicted octanol–water partition coefficient (Wildman–Crippen LogP) is 3.39. The van der Waals surface area contributed by atoms with Crippen molar-refractivity contribution in [1.29, 1.82) is 0 Å². The maximum absolute atomic E-state index is 9.30. The largest absolute Gasteiger partial charge is 0.508 e. The van der Waals surface area contributed by atoms with Gasteiger partial charge in [0.2, 0.25) is 0 Å². The first-order valence-electron chi connectivity index (χ1n) is 5.65. The molecule has 0 aliphatic carbocycles. The standard InChI is InChI=1S/C13H16N2OS/c1-3-8-15-12(9-14-13(15)17-2)10-4-6-11(16)7-5-10/h4-7,9,16H,3,8H2,1-2H3. The van der Waals surface area contributed by atoms with Gasteiger partial charge in [0.05, 0.1) is 11.9 Å². The van der Waals surface area contributed by atoms with E-state index in [4.69, 9.17) is 0 Å². The van der Waals surface area contributed by atoms with E-state index in [0.29, 0.717) is 5.75 Å². The van der Waals surface area contributed by atoms with E-state index < -0.39 is 0 Å². The molecule has 0 atom stereocenters. The molecule has 1 aromatic heterocycles. The number of hydrogen-bond donors (Lipinski definition) is 1. The average Bonchev–Trinajstić information content (AvgIpc) is 2.74. The Labute approximate surface area is 106 Å². The number of nitrogens with zero attached hydrogens (tertiary/aromatic N) is 2. The molecular formula is C13H16N2OS. The van der Waals surface area contributed by atoms with Crippen molar-refractivity contribution < 1.29 is 5.11 Å². The first-order valence-corrected chi connectivity index (χ1v) is 6.87. The molecule has 1 N–H and O–H groups in total. The normalized spacial score (nSPS) is 10.7. The third-order valence-electron chi connectivity index (χ3n) is 2.61. The first kappa shape index (κ1) is 12.0. The maximum atomic E-state index is 9.30. The van der Waals surface area contributed by atoms with Crippen LogP contribution in [0.2, 0.25) is 0 Å². The molecule has 17 heavy (non-hydrogen) atoms. The second-order valence-corrected chi connectivity index (χ2v) is 4.60. The van der Waals surface area contributed by atoms with Gasteiger partial charge in [-0.25, -0.2) is 4.98 Å². The van der Waals surface area contributed by atoms with E-state index in [1.807, 2.05) is 24.6 Å². The minimum absolute atomic E-state index is 0.292. The van der Waals surface area contributed by atoms with Gasteiger partial charge >= 0.3 is 0 Å². The van der Waals surface area contributed by atoms with E-state index in [1.54, 1.807) is 23.9 Å². The number of rotatable bonds is 4. The zero-order chi connectivity index (χ0) is 12.3. The van der Waals surface area contributed by atoms with Crippen molar-refractivity contribution in [3.05, 3.63) is 30.5 Å². The van der Waals surface area contributed by atoms with Crippen molar-refractivity contribution in [2.24, 2.45) is 0 Å². The minimum atomic E-state index is 0.292. The van der Waals surface area contributed by atoms with E-state index in [1.165, 1.54) is 0 Å². The quantitative estimate of drug-likeness (QED) is 0.843. The number of hydrogen-bond acceptors (Lipinski definition) is 3. The molecule has 0 bridgehead atoms. The highest BCUT2D eigenvalue weighted by molar-refractivity contribution is 7.98. The van der Waals surface area contributed by atoms with Gasteiger partial charge in [-0.2, -0.15) is 0 Å². The smallest absolute Gasteiger partial charge is 0.168 e. The second kappa shape index (κ2) is 5.27. The number of phenols is 1. The highest BCUT2D eigenvalue weighted by atomic mass is 32.2. The lowest BCUT2D eigenvalue weighted by Crippen LogP contribution is -2.00. The van der Waals surface area contributed by atoms with Gasteiger partial charge in [-0.05, 0) is 36.9 Å². The molecule has 0 aliphatic rings. The van der Waals surface area contributed by atoms with E-state index in [2.05, 4.69) is 16.5 Å². The van der Waals surface area contributed by atoms with Crippen molar-refractivity contribution >= 4 is 11.8 Å². The lowest BCUT2D eigenvalue weighted by Gasteiger charge is -2.09. The van der Waals surface area contributed by atoms with Crippen molar-refractivity contribution in [2.75, 3.05) is 6.26 Å². The molecule has 0 amide bonds. The fourth-order valence-electron chi connectivity index (χ4n) is 1.82. The van der Waals surface area contributed by atoms with Crippen LogP contribution in [-0.2, 0) is 6.54 Å². The van der Waals surface area contributed by atoms with Gasteiger partial charge in [0.1, 0.15) is 5.75 Å². The molecule has 1 heterocycles. The van der Waals surface area contributed by atoms with Gasteiger partial charge in [0, 0.05) is 12.1 Å². The summed E-state index contributed by atoms with van der Waals surface area (Å²) in [6, 6.07) is 7.25. The third-order valence-corrected chi connectivity index (χ3v) is 3.30. The van der Waals surface area contributed by atoms with Crippen LogP contribution in [0.5, 0.6) is 5.75 Å². The van der Waals surface area contributed by atoms with Gasteiger partial charge in [0.15, 0.2) is 5.16 Å². The Bertz CT molecular complexity index is 491. The molecule has 0 saturated heterocycles. The molecule has 1 aromatic carbocycles. The van der Waals surface area contributed by atoms with Crippen LogP contribution in [0.4, 0.5) is 0 Å². The molecule has 0 fully saturated rings. The number of imidazole rings is 1. The maximum Gasteiger partial charge on any atom is 0.168 e. The van der Waals surface area contributed by atoms with Gasteiger partial charge in [-0.1, -0.05) is 18.7 Å². The van der Waals surface area contributed by atoms with Gasteiger partial charge in [0.25, 0.3) is 0 Å². The van der Waals surface area contributed by atoms with Crippen LogP contribution in [0.1, 0.15) is 13.3 Å². The molecule has 0 aliphatic heterocycles. The summed E-state index contributed by atoms with van der Waals surface area (Å²) in [6.07, 6.45) is 5.01. The van der Waals surface area contributed by atoms with E-state index in [-0.39, 0.29) is 0 Å². The molecular weight excluding hydrogens is 232 g/mol. The first-order chi connectivity index (χ1) is 8.26. The zero-order valence-electron chi connectivity index (χ0n) is 10.1. The minimum Gasteiger partial charge on any atom is -0.508 e. The van der Waals surface area contributed by atoms with Gasteiger partial charge in [-0.15, -0.1) is 0 Å². The fraction of sp³-hybridized carbons (Fsp3) is 0.308. The summed E-state index contributed by atoms with van der Waals surface area (Å²) in [4.78, 5) is 4.42. The van der Waals surface area contributed by atoms with Crippen LogP contribution in [0.3, 0.4) is 0 Å². The van der Waals surface area contributed by atoms with Gasteiger partial charge < -0.3 is 9.67 Å². The Morgan fingerprint density at radius 1 is 1.29 bits per heavy atom. The number of benzene rings is 1. The Morgan fingerprint density at radius 3 is 2.59 bits per heavy atom. The number of thioether (sulfide) groups is 1. The third kappa shape index (κ3) is 2.47. The summed E-state index contributed by atoms with van der Waals surface area (Å²) in [5, 5.41) is 10.3. The SMILES string of the molecule is CCCn1c(-c2ccc(O)cc2)cnc1SC. The molecule has 0 radical (unpaired) electrons. The van der Waals surface area contributed by atoms with E-state index in [0.717, 1.165) is 29.4 Å². The summed E-state index contributed by atoms with van der Waals surface area (Å²) in [5.74, 6) is 0.292. The summed E-state index contributed by atoms with van der Waals surface area (Å²) in [6.45, 7) is 3.12. The summed E-state index contributed by atoms with van der Waals surface area (Å²) >= 11 is 1.66. The summed E-state index contributed by atoms with van der Waals surface area (Å²) in [7, 11) is 0. The Kier molecular flexibility index (Phi) is 3.74. The van der Waals surface area contributed by atoms with Crippen LogP contribution in [0, 0.1) is 0 Å².